The van der Waals surface area contributed by atoms with E-state index in [2.05, 4.69) is 11.8 Å². The van der Waals surface area contributed by atoms with E-state index in [-0.39, 0.29) is 7.43 Å². The summed E-state index contributed by atoms with van der Waals surface area (Å²) in [5.41, 5.74) is 0. The van der Waals surface area contributed by atoms with Crippen LogP contribution in [0.25, 0.3) is 0 Å². The van der Waals surface area contributed by atoms with Gasteiger partial charge in [0.2, 0.25) is 0 Å². The first kappa shape index (κ1) is 10.0. The molecule has 0 unspecified atom stereocenters. The van der Waals surface area contributed by atoms with Crippen molar-refractivity contribution in [2.75, 3.05) is 0 Å². The number of thiophene rings is 2. The van der Waals surface area contributed by atoms with Gasteiger partial charge in [-0.25, -0.2) is 0 Å². The minimum absolute atomic E-state index is 0. The van der Waals surface area contributed by atoms with Crippen LogP contribution in [-0.2, 0) is 0 Å². The molecule has 2 aromatic heterocycles. The van der Waals surface area contributed by atoms with E-state index >= 15 is 0 Å². The Kier molecular flexibility index (Phi) is 3.75. The zero-order valence-electron chi connectivity index (χ0n) is 6.78. The van der Waals surface area contributed by atoms with E-state index in [1.54, 1.807) is 22.7 Å². The molecule has 62 valence electrons. The quantitative estimate of drug-likeness (QED) is 0.575. The first-order valence-electron chi connectivity index (χ1n) is 3.54. The van der Waals surface area contributed by atoms with Crippen LogP contribution in [0.5, 0.6) is 0 Å². The summed E-state index contributed by atoms with van der Waals surface area (Å²) in [6, 6.07) is 8.10. The van der Waals surface area contributed by atoms with Crippen LogP contribution >= 0.6 is 22.7 Å². The summed E-state index contributed by atoms with van der Waals surface area (Å²) in [7, 11) is 0. The Morgan fingerprint density at radius 2 is 1.31 bits per heavy atom. The lowest BCUT2D eigenvalue weighted by Crippen LogP contribution is -1.61. The molecular formula is C11H6S2. The van der Waals surface area contributed by atoms with Gasteiger partial charge in [0.15, 0.2) is 0 Å². The Balaban J connectivity index is 0.000000845. The fraction of sp³-hybridized carbons (Fsp3) is 0. The van der Waals surface area contributed by atoms with Crippen molar-refractivity contribution in [3.8, 4) is 11.8 Å². The van der Waals surface area contributed by atoms with Crippen molar-refractivity contribution in [3.05, 3.63) is 52.2 Å². The van der Waals surface area contributed by atoms with Gasteiger partial charge in [0.05, 0.1) is 9.75 Å². The van der Waals surface area contributed by atoms with Crippen LogP contribution in [0, 0.1) is 19.3 Å². The summed E-state index contributed by atoms with van der Waals surface area (Å²) in [5.74, 6) is 6.21. The number of hydrogen-bond acceptors (Lipinski definition) is 2. The molecule has 2 heteroatoms. The van der Waals surface area contributed by atoms with Gasteiger partial charge in [-0.3, -0.25) is 0 Å². The van der Waals surface area contributed by atoms with E-state index in [0.717, 1.165) is 9.75 Å². The van der Waals surface area contributed by atoms with Gasteiger partial charge < -0.3 is 0 Å². The average molecular weight is 202 g/mol. The van der Waals surface area contributed by atoms with E-state index in [4.69, 9.17) is 0 Å². The average Bonchev–Trinajstić information content (AvgIpc) is 2.74. The van der Waals surface area contributed by atoms with Gasteiger partial charge in [-0.1, -0.05) is 12.1 Å². The summed E-state index contributed by atoms with van der Waals surface area (Å²) >= 11 is 3.35. The second-order valence-corrected chi connectivity index (χ2v) is 4.10. The van der Waals surface area contributed by atoms with E-state index in [0.29, 0.717) is 0 Å². The lowest BCUT2D eigenvalue weighted by molar-refractivity contribution is 1.90. The molecule has 0 aliphatic rings. The molecule has 0 aromatic carbocycles. The van der Waals surface area contributed by atoms with Crippen molar-refractivity contribution in [2.45, 2.75) is 0 Å². The van der Waals surface area contributed by atoms with Gasteiger partial charge in [-0.2, -0.15) is 0 Å². The van der Waals surface area contributed by atoms with Gasteiger partial charge in [0, 0.05) is 7.43 Å². The van der Waals surface area contributed by atoms with Crippen molar-refractivity contribution in [3.63, 3.8) is 0 Å². The lowest BCUT2D eigenvalue weighted by atomic mass is 10.4. The van der Waals surface area contributed by atoms with Crippen molar-refractivity contribution in [2.24, 2.45) is 0 Å². The molecule has 2 rings (SSSR count). The summed E-state index contributed by atoms with van der Waals surface area (Å²) in [6.07, 6.45) is 0. The van der Waals surface area contributed by atoms with Crippen LogP contribution in [0.1, 0.15) is 9.75 Å². The normalized spacial score (nSPS) is 8.31. The summed E-state index contributed by atoms with van der Waals surface area (Å²) in [5, 5.41) is 4.08. The third-order valence-electron chi connectivity index (χ3n) is 1.35. The zero-order chi connectivity index (χ0) is 8.23. The van der Waals surface area contributed by atoms with Crippen molar-refractivity contribution >= 4 is 22.7 Å². The highest BCUT2D eigenvalue weighted by atomic mass is 32.1. The van der Waals surface area contributed by atoms with E-state index in [9.17, 15) is 0 Å². The van der Waals surface area contributed by atoms with E-state index in [1.165, 1.54) is 0 Å². The highest BCUT2D eigenvalue weighted by molar-refractivity contribution is 7.11. The van der Waals surface area contributed by atoms with Gasteiger partial charge in [-0.15, -0.1) is 22.7 Å². The van der Waals surface area contributed by atoms with Crippen LogP contribution in [0.3, 0.4) is 0 Å². The molecule has 0 saturated heterocycles. The highest BCUT2D eigenvalue weighted by Gasteiger charge is 1.86. The van der Waals surface area contributed by atoms with Crippen molar-refractivity contribution < 1.29 is 0 Å². The SMILES string of the molecule is C(#Cc1cccs1)c1cccs1.[C]. The van der Waals surface area contributed by atoms with E-state index in [1.807, 2.05) is 35.0 Å². The summed E-state index contributed by atoms with van der Waals surface area (Å²) < 4.78 is 0. The van der Waals surface area contributed by atoms with Crippen LogP contribution in [0.2, 0.25) is 0 Å². The van der Waals surface area contributed by atoms with Crippen LogP contribution in [0.15, 0.2) is 35.0 Å². The van der Waals surface area contributed by atoms with Crippen LogP contribution in [-0.4, -0.2) is 0 Å². The van der Waals surface area contributed by atoms with Gasteiger partial charge >= 0.3 is 0 Å². The summed E-state index contributed by atoms with van der Waals surface area (Å²) in [4.78, 5) is 2.26. The Morgan fingerprint density at radius 1 is 0.846 bits per heavy atom. The Bertz CT molecular complexity index is 347. The zero-order valence-corrected chi connectivity index (χ0v) is 8.41. The molecule has 0 nitrogen and oxygen atoms in total. The topological polar surface area (TPSA) is 0 Å². The van der Waals surface area contributed by atoms with Crippen molar-refractivity contribution in [1.82, 2.24) is 0 Å². The first-order valence-corrected chi connectivity index (χ1v) is 5.30. The third kappa shape index (κ3) is 2.73. The summed E-state index contributed by atoms with van der Waals surface area (Å²) in [6.45, 7) is 0. The lowest BCUT2D eigenvalue weighted by Gasteiger charge is -1.76. The monoisotopic (exact) mass is 202 g/mol. The predicted molar refractivity (Wildman–Crippen MR) is 57.9 cm³/mol. The second-order valence-electron chi connectivity index (χ2n) is 2.20. The Morgan fingerprint density at radius 3 is 1.62 bits per heavy atom. The first-order chi connectivity index (χ1) is 5.95. The van der Waals surface area contributed by atoms with Crippen LogP contribution < -0.4 is 0 Å². The molecular weight excluding hydrogens is 196 g/mol. The minimum atomic E-state index is 0. The second kappa shape index (κ2) is 4.86. The Labute approximate surface area is 86.9 Å². The maximum absolute atomic E-state index is 3.11. The molecule has 2 aromatic rings. The van der Waals surface area contributed by atoms with Gasteiger partial charge in [0.25, 0.3) is 0 Å². The smallest absolute Gasteiger partial charge is 0.0772 e. The standard InChI is InChI=1S/C10H6S2.C/c1-3-9(11-7-1)5-6-10-4-2-8-12-10;/h1-4,7-8H;. The molecule has 4 radical (unpaired) electrons. The fourth-order valence-electron chi connectivity index (χ4n) is 0.823. The molecule has 0 fully saturated rings. The van der Waals surface area contributed by atoms with Crippen molar-refractivity contribution in [1.29, 1.82) is 0 Å². The molecule has 0 atom stereocenters. The van der Waals surface area contributed by atoms with Crippen LogP contribution in [0.4, 0.5) is 0 Å². The number of hydrogen-bond donors (Lipinski definition) is 0. The molecule has 0 bridgehead atoms. The van der Waals surface area contributed by atoms with Gasteiger partial charge in [-0.05, 0) is 34.7 Å². The Hall–Kier alpha value is -1.04. The fourth-order valence-corrected chi connectivity index (χ4v) is 1.96. The third-order valence-corrected chi connectivity index (χ3v) is 2.92. The molecule has 0 spiro atoms. The molecule has 0 aliphatic heterocycles. The van der Waals surface area contributed by atoms with E-state index < -0.39 is 0 Å². The largest absolute Gasteiger partial charge is 0.135 e. The molecule has 0 saturated carbocycles. The molecule has 0 N–H and O–H groups in total. The predicted octanol–water partition coefficient (Wildman–Crippen LogP) is 3.29. The molecule has 0 aliphatic carbocycles. The molecule has 0 amide bonds. The maximum Gasteiger partial charge on any atom is 0.0772 e. The highest BCUT2D eigenvalue weighted by Crippen LogP contribution is 2.09. The molecule has 2 heterocycles. The number of rotatable bonds is 0. The maximum atomic E-state index is 3.11. The molecule has 13 heavy (non-hydrogen) atoms. The minimum Gasteiger partial charge on any atom is -0.135 e. The van der Waals surface area contributed by atoms with Gasteiger partial charge in [0.1, 0.15) is 0 Å².